The van der Waals surface area contributed by atoms with Crippen molar-refractivity contribution in [2.24, 2.45) is 11.5 Å². The van der Waals surface area contributed by atoms with Gasteiger partial charge in [-0.15, -0.1) is 0 Å². The van der Waals surface area contributed by atoms with Gasteiger partial charge in [-0.3, -0.25) is 19.2 Å². The average molecular weight is 570 g/mol. The van der Waals surface area contributed by atoms with Crippen LogP contribution in [-0.2, 0) is 19.2 Å². The van der Waals surface area contributed by atoms with Crippen LogP contribution < -0.4 is 16.8 Å². The summed E-state index contributed by atoms with van der Waals surface area (Å²) in [5.74, 6) is -0.774. The largest absolute Gasteiger partial charge is 0.400 e. The van der Waals surface area contributed by atoms with Gasteiger partial charge in [0.1, 0.15) is 17.9 Å². The highest BCUT2D eigenvalue weighted by molar-refractivity contribution is 5.93. The lowest BCUT2D eigenvalue weighted by Crippen LogP contribution is -2.54. The molecular weight excluding hydrogens is 517 g/mol. The van der Waals surface area contributed by atoms with E-state index in [0.717, 1.165) is 31.9 Å². The van der Waals surface area contributed by atoms with Crippen molar-refractivity contribution in [1.82, 2.24) is 15.1 Å². The molecule has 3 atom stereocenters. The van der Waals surface area contributed by atoms with Crippen LogP contribution in [0.2, 0.25) is 0 Å². The van der Waals surface area contributed by atoms with Crippen molar-refractivity contribution in [2.75, 3.05) is 27.2 Å². The van der Waals surface area contributed by atoms with Gasteiger partial charge in [0, 0.05) is 33.7 Å². The van der Waals surface area contributed by atoms with Gasteiger partial charge >= 0.3 is 0 Å². The number of rotatable bonds is 6. The molecule has 0 aliphatic carbocycles. The number of nitrogens with two attached hydrogens (primary N) is 2. The fraction of sp³-hybridized carbons (Fsp3) is 0.655. The molecule has 2 heterocycles. The van der Waals surface area contributed by atoms with Gasteiger partial charge in [-0.2, -0.15) is 0 Å². The maximum absolute atomic E-state index is 12.8. The molecule has 11 heteroatoms. The quantitative estimate of drug-likeness (QED) is 0.412. The van der Waals surface area contributed by atoms with Crippen LogP contribution in [0.25, 0.3) is 0 Å². The summed E-state index contributed by atoms with van der Waals surface area (Å²) in [5.41, 5.74) is 11.6. The van der Waals surface area contributed by atoms with E-state index in [1.165, 1.54) is 12.1 Å². The molecule has 3 rings (SSSR count). The van der Waals surface area contributed by atoms with Crippen LogP contribution in [0.15, 0.2) is 24.3 Å². The Morgan fingerprint density at radius 2 is 1.60 bits per heavy atom. The smallest absolute Gasteiger partial charge is 0.246 e. The Bertz CT molecular complexity index is 869. The van der Waals surface area contributed by atoms with Crippen LogP contribution >= 0.6 is 0 Å². The second-order valence-corrected chi connectivity index (χ2v) is 9.02. The lowest BCUT2D eigenvalue weighted by Gasteiger charge is -2.31. The molecule has 1 aromatic rings. The number of halogens is 1. The van der Waals surface area contributed by atoms with Crippen LogP contribution in [0, 0.1) is 12.7 Å². The maximum Gasteiger partial charge on any atom is 0.246 e. The Hall–Kier alpha value is -3.05. The lowest BCUT2D eigenvalue weighted by atomic mass is 10.1. The van der Waals surface area contributed by atoms with Gasteiger partial charge in [-0.25, -0.2) is 4.39 Å². The minimum absolute atomic E-state index is 0.111. The molecule has 2 fully saturated rings. The third-order valence-corrected chi connectivity index (χ3v) is 6.14. The van der Waals surface area contributed by atoms with Gasteiger partial charge in [-0.05, 0) is 63.1 Å². The molecule has 230 valence electrons. The summed E-state index contributed by atoms with van der Waals surface area (Å²) in [6, 6.07) is 5.08. The highest BCUT2D eigenvalue weighted by Gasteiger charge is 2.42. The van der Waals surface area contributed by atoms with Gasteiger partial charge < -0.3 is 31.7 Å². The van der Waals surface area contributed by atoms with Crippen LogP contribution in [0.1, 0.15) is 78.2 Å². The number of likely N-dealkylation sites (N-methyl/N-ethyl adjacent to an activating group) is 1. The molecular formula is C29H52FN5O5. The molecule has 40 heavy (non-hydrogen) atoms. The first-order chi connectivity index (χ1) is 19.1. The van der Waals surface area contributed by atoms with Crippen LogP contribution in [-0.4, -0.2) is 83.9 Å². The number of hydrogen-bond acceptors (Lipinski definition) is 6. The number of nitrogens with zero attached hydrogens (tertiary/aromatic N) is 2. The summed E-state index contributed by atoms with van der Waals surface area (Å²) in [7, 11) is 2.58. The molecule has 2 aliphatic rings. The molecule has 4 amide bonds. The van der Waals surface area contributed by atoms with Crippen LogP contribution in [0.3, 0.4) is 0 Å². The summed E-state index contributed by atoms with van der Waals surface area (Å²) >= 11 is 0. The Morgan fingerprint density at radius 1 is 1.05 bits per heavy atom. The van der Waals surface area contributed by atoms with Crippen molar-refractivity contribution in [3.63, 3.8) is 0 Å². The third-order valence-electron chi connectivity index (χ3n) is 6.14. The number of carbonyl (C=O) groups excluding carboxylic acids is 4. The SMILES string of the molecule is CC.CCCC(N)=O.CC[C@H](N)C(=O)N1CCCC1C(=O)N1CCCC1C(=O)NC.CO.Cc1cccc(F)c1. The first-order valence-electron chi connectivity index (χ1n) is 14.1. The third kappa shape index (κ3) is 13.8. The summed E-state index contributed by atoms with van der Waals surface area (Å²) in [6.07, 6.45) is 4.88. The first-order valence-corrected chi connectivity index (χ1v) is 14.1. The summed E-state index contributed by atoms with van der Waals surface area (Å²) < 4.78 is 12.2. The number of primary amides is 1. The van der Waals surface area contributed by atoms with Crippen molar-refractivity contribution in [2.45, 2.75) is 97.7 Å². The molecule has 1 aromatic carbocycles. The van der Waals surface area contributed by atoms with Gasteiger partial charge in [0.25, 0.3) is 0 Å². The minimum atomic E-state index is -0.554. The van der Waals surface area contributed by atoms with Gasteiger partial charge in [0.05, 0.1) is 6.04 Å². The van der Waals surface area contributed by atoms with E-state index < -0.39 is 18.1 Å². The van der Waals surface area contributed by atoms with E-state index in [9.17, 15) is 23.6 Å². The number of aliphatic hydroxyl groups is 1. The number of carbonyl (C=O) groups is 4. The fourth-order valence-electron chi connectivity index (χ4n) is 4.19. The molecule has 0 spiro atoms. The standard InChI is InChI=1S/C15H26N4O3.C7H7F.C4H9NO.C2H6.CH4O/c1-3-10(16)14(21)19-9-5-7-12(19)15(22)18-8-4-6-11(18)13(20)17-2;1-6-3-2-4-7(8)5-6;1-2-3-4(5)6;2*1-2/h10-12H,3-9,16H2,1-2H3,(H,17,20);2-5H,1H3;2-3H2,1H3,(H2,5,6);1-2H3;2H,1H3/t10-,11?,12?;;;;/m0..../s1. The Kier molecular flexibility index (Phi) is 22.2. The van der Waals surface area contributed by atoms with Crippen molar-refractivity contribution >= 4 is 23.6 Å². The predicted molar refractivity (Wildman–Crippen MR) is 157 cm³/mol. The van der Waals surface area contributed by atoms with E-state index in [1.54, 1.807) is 22.9 Å². The molecule has 10 nitrogen and oxygen atoms in total. The molecule has 0 saturated carbocycles. The van der Waals surface area contributed by atoms with E-state index >= 15 is 0 Å². The number of benzene rings is 1. The second-order valence-electron chi connectivity index (χ2n) is 9.02. The zero-order valence-corrected chi connectivity index (χ0v) is 25.4. The number of aryl methyl sites for hydroxylation is 1. The molecule has 0 bridgehead atoms. The second kappa shape index (κ2) is 22.7. The highest BCUT2D eigenvalue weighted by Crippen LogP contribution is 2.25. The van der Waals surface area contributed by atoms with Crippen LogP contribution in [0.4, 0.5) is 4.39 Å². The highest BCUT2D eigenvalue weighted by atomic mass is 19.1. The molecule has 0 radical (unpaired) electrons. The number of aliphatic hydroxyl groups excluding tert-OH is 1. The van der Waals surface area contributed by atoms with E-state index in [1.807, 2.05) is 40.7 Å². The van der Waals surface area contributed by atoms with Crippen LogP contribution in [0.5, 0.6) is 0 Å². The summed E-state index contributed by atoms with van der Waals surface area (Å²) in [5, 5.41) is 9.61. The Labute approximate surface area is 239 Å². The van der Waals surface area contributed by atoms with Crippen molar-refractivity contribution in [3.05, 3.63) is 35.6 Å². The Morgan fingerprint density at radius 3 is 2.00 bits per heavy atom. The molecule has 2 unspecified atom stereocenters. The number of nitrogens with one attached hydrogen (secondary N) is 1. The fourth-order valence-corrected chi connectivity index (χ4v) is 4.19. The zero-order valence-electron chi connectivity index (χ0n) is 25.4. The Balaban J connectivity index is 0. The topological polar surface area (TPSA) is 159 Å². The number of amides is 4. The monoisotopic (exact) mass is 569 g/mol. The summed E-state index contributed by atoms with van der Waals surface area (Å²) in [6.45, 7) is 10.8. The maximum atomic E-state index is 12.8. The van der Waals surface area contributed by atoms with E-state index in [-0.39, 0.29) is 29.4 Å². The summed E-state index contributed by atoms with van der Waals surface area (Å²) in [4.78, 5) is 50.1. The average Bonchev–Trinajstić information content (AvgIpc) is 3.65. The van der Waals surface area contributed by atoms with E-state index in [0.29, 0.717) is 38.8 Å². The number of hydrogen-bond donors (Lipinski definition) is 4. The normalized spacial score (nSPS) is 17.8. The zero-order chi connectivity index (χ0) is 31.3. The van der Waals surface area contributed by atoms with Gasteiger partial charge in [0.15, 0.2) is 0 Å². The van der Waals surface area contributed by atoms with Crippen molar-refractivity contribution in [1.29, 1.82) is 0 Å². The first kappa shape index (κ1) is 39.1. The molecule has 2 saturated heterocycles. The van der Waals surface area contributed by atoms with Crippen molar-refractivity contribution in [3.8, 4) is 0 Å². The molecule has 0 aromatic heterocycles. The van der Waals surface area contributed by atoms with E-state index in [2.05, 4.69) is 5.32 Å². The number of likely N-dealkylation sites (tertiary alicyclic amines) is 2. The van der Waals surface area contributed by atoms with Crippen molar-refractivity contribution < 1.29 is 28.7 Å². The van der Waals surface area contributed by atoms with E-state index in [4.69, 9.17) is 16.6 Å². The lowest BCUT2D eigenvalue weighted by molar-refractivity contribution is -0.147. The van der Waals surface area contributed by atoms with Gasteiger partial charge in [0.2, 0.25) is 23.6 Å². The predicted octanol–water partition coefficient (Wildman–Crippen LogP) is 2.49. The minimum Gasteiger partial charge on any atom is -0.400 e. The molecule has 6 N–H and O–H groups in total. The molecule has 2 aliphatic heterocycles. The van der Waals surface area contributed by atoms with Gasteiger partial charge in [-0.1, -0.05) is 39.8 Å².